The lowest BCUT2D eigenvalue weighted by atomic mass is 10.1. The van der Waals surface area contributed by atoms with Gasteiger partial charge in [0.1, 0.15) is 0 Å². The molecule has 1 heterocycles. The Morgan fingerprint density at radius 1 is 1.09 bits per heavy atom. The van der Waals surface area contributed by atoms with Crippen LogP contribution in [0.5, 0.6) is 0 Å². The van der Waals surface area contributed by atoms with Gasteiger partial charge in [0.2, 0.25) is 10.0 Å². The molecule has 0 saturated heterocycles. The molecule has 23 heavy (non-hydrogen) atoms. The van der Waals surface area contributed by atoms with Gasteiger partial charge in [-0.1, -0.05) is 18.2 Å². The highest BCUT2D eigenvalue weighted by atomic mass is 32.2. The van der Waals surface area contributed by atoms with Gasteiger partial charge in [0.05, 0.1) is 4.90 Å². The Bertz CT molecular complexity index is 845. The van der Waals surface area contributed by atoms with Crippen LogP contribution in [0.2, 0.25) is 0 Å². The quantitative estimate of drug-likeness (QED) is 0.866. The SMILES string of the molecule is CN(C)S(=O)(=O)c1ccc2c(c1)CCN2C(=O)c1ccccc1. The third-order valence-electron chi connectivity index (χ3n) is 3.99. The van der Waals surface area contributed by atoms with Gasteiger partial charge in [0.25, 0.3) is 5.91 Å². The lowest BCUT2D eigenvalue weighted by Crippen LogP contribution is -2.28. The summed E-state index contributed by atoms with van der Waals surface area (Å²) in [6.07, 6.45) is 0.657. The molecule has 1 aliphatic heterocycles. The second-order valence-corrected chi connectivity index (χ2v) is 7.80. The van der Waals surface area contributed by atoms with Crippen LogP contribution >= 0.6 is 0 Å². The fourth-order valence-electron chi connectivity index (χ4n) is 2.70. The van der Waals surface area contributed by atoms with E-state index >= 15 is 0 Å². The number of benzene rings is 2. The lowest BCUT2D eigenvalue weighted by molar-refractivity contribution is 0.0989. The summed E-state index contributed by atoms with van der Waals surface area (Å²) in [5.74, 6) is -0.0624. The lowest BCUT2D eigenvalue weighted by Gasteiger charge is -2.18. The van der Waals surface area contributed by atoms with E-state index in [2.05, 4.69) is 0 Å². The van der Waals surface area contributed by atoms with Crippen molar-refractivity contribution in [1.29, 1.82) is 0 Å². The highest BCUT2D eigenvalue weighted by Gasteiger charge is 2.27. The highest BCUT2D eigenvalue weighted by Crippen LogP contribution is 2.31. The molecule has 1 aliphatic rings. The second kappa shape index (κ2) is 5.79. The monoisotopic (exact) mass is 330 g/mol. The summed E-state index contributed by atoms with van der Waals surface area (Å²) in [6.45, 7) is 0.564. The van der Waals surface area contributed by atoms with Crippen molar-refractivity contribution in [2.24, 2.45) is 0 Å². The first-order valence-electron chi connectivity index (χ1n) is 7.33. The molecule has 0 fully saturated rings. The smallest absolute Gasteiger partial charge is 0.258 e. The van der Waals surface area contributed by atoms with Crippen molar-refractivity contribution in [3.63, 3.8) is 0 Å². The summed E-state index contributed by atoms with van der Waals surface area (Å²) in [7, 11) is -0.443. The molecular formula is C17H18N2O3S. The van der Waals surface area contributed by atoms with Crippen molar-refractivity contribution in [1.82, 2.24) is 4.31 Å². The number of nitrogens with zero attached hydrogens (tertiary/aromatic N) is 2. The largest absolute Gasteiger partial charge is 0.308 e. The number of anilines is 1. The van der Waals surface area contributed by atoms with Gasteiger partial charge in [0, 0.05) is 31.9 Å². The Morgan fingerprint density at radius 3 is 2.43 bits per heavy atom. The summed E-state index contributed by atoms with van der Waals surface area (Å²) in [5.41, 5.74) is 2.30. The molecule has 0 aromatic heterocycles. The molecule has 0 N–H and O–H groups in total. The predicted molar refractivity (Wildman–Crippen MR) is 89.1 cm³/mol. The van der Waals surface area contributed by atoms with Crippen LogP contribution in [-0.4, -0.2) is 39.3 Å². The van der Waals surface area contributed by atoms with Crippen molar-refractivity contribution in [3.05, 3.63) is 59.7 Å². The van der Waals surface area contributed by atoms with Gasteiger partial charge in [0.15, 0.2) is 0 Å². The number of sulfonamides is 1. The fourth-order valence-corrected chi connectivity index (χ4v) is 3.65. The molecule has 3 rings (SSSR count). The minimum atomic E-state index is -3.46. The van der Waals surface area contributed by atoms with E-state index in [0.717, 1.165) is 11.3 Å². The Morgan fingerprint density at radius 2 is 1.78 bits per heavy atom. The van der Waals surface area contributed by atoms with Gasteiger partial charge >= 0.3 is 0 Å². The van der Waals surface area contributed by atoms with E-state index < -0.39 is 10.0 Å². The second-order valence-electron chi connectivity index (χ2n) is 5.65. The van der Waals surface area contributed by atoms with Crippen molar-refractivity contribution < 1.29 is 13.2 Å². The first-order valence-corrected chi connectivity index (χ1v) is 8.77. The summed E-state index contributed by atoms with van der Waals surface area (Å²) in [6, 6.07) is 14.0. The first kappa shape index (κ1) is 15.7. The Labute approximate surface area is 136 Å². The number of carbonyl (C=O) groups is 1. The maximum Gasteiger partial charge on any atom is 0.258 e. The van der Waals surface area contributed by atoms with Gasteiger partial charge < -0.3 is 4.90 Å². The topological polar surface area (TPSA) is 57.7 Å². The van der Waals surface area contributed by atoms with E-state index in [1.165, 1.54) is 18.4 Å². The van der Waals surface area contributed by atoms with Crippen LogP contribution in [0.15, 0.2) is 53.4 Å². The van der Waals surface area contributed by atoms with E-state index in [-0.39, 0.29) is 10.8 Å². The maximum absolute atomic E-state index is 12.6. The van der Waals surface area contributed by atoms with Gasteiger partial charge in [-0.2, -0.15) is 0 Å². The number of hydrogen-bond acceptors (Lipinski definition) is 3. The van der Waals surface area contributed by atoms with Gasteiger partial charge in [-0.3, -0.25) is 4.79 Å². The molecule has 0 aliphatic carbocycles. The summed E-state index contributed by atoms with van der Waals surface area (Å²) in [5, 5.41) is 0. The zero-order valence-corrected chi connectivity index (χ0v) is 13.9. The average molecular weight is 330 g/mol. The van der Waals surface area contributed by atoms with Gasteiger partial charge in [-0.25, -0.2) is 12.7 Å². The third-order valence-corrected chi connectivity index (χ3v) is 5.80. The normalized spacial score (nSPS) is 14.1. The number of fused-ring (bicyclic) bond motifs is 1. The Kier molecular flexibility index (Phi) is 3.95. The van der Waals surface area contributed by atoms with E-state index in [9.17, 15) is 13.2 Å². The van der Waals surface area contributed by atoms with Gasteiger partial charge in [-0.15, -0.1) is 0 Å². The first-order chi connectivity index (χ1) is 10.9. The van der Waals surface area contributed by atoms with Crippen LogP contribution in [0.25, 0.3) is 0 Å². The van der Waals surface area contributed by atoms with Crippen molar-refractivity contribution >= 4 is 21.6 Å². The molecule has 5 nitrogen and oxygen atoms in total. The molecule has 2 aromatic carbocycles. The standard InChI is InChI=1S/C17H18N2O3S/c1-18(2)23(21,22)15-8-9-16-14(12-15)10-11-19(16)17(20)13-6-4-3-5-7-13/h3-9,12H,10-11H2,1-2H3. The molecule has 1 amide bonds. The molecule has 0 atom stereocenters. The Hall–Kier alpha value is -2.18. The van der Waals surface area contributed by atoms with Crippen LogP contribution in [0.3, 0.4) is 0 Å². The van der Waals surface area contributed by atoms with E-state index in [1.807, 2.05) is 18.2 Å². The summed E-state index contributed by atoms with van der Waals surface area (Å²) in [4.78, 5) is 14.6. The number of amides is 1. The predicted octanol–water partition coefficient (Wildman–Crippen LogP) is 2.14. The van der Waals surface area contributed by atoms with Gasteiger partial charge in [-0.05, 0) is 42.3 Å². The van der Waals surface area contributed by atoms with Crippen molar-refractivity contribution in [3.8, 4) is 0 Å². The molecule has 0 radical (unpaired) electrons. The van der Waals surface area contributed by atoms with Crippen LogP contribution < -0.4 is 4.90 Å². The van der Waals surface area contributed by atoms with Crippen LogP contribution in [-0.2, 0) is 16.4 Å². The zero-order valence-electron chi connectivity index (χ0n) is 13.1. The molecule has 120 valence electrons. The zero-order chi connectivity index (χ0) is 16.6. The van der Waals surface area contributed by atoms with Crippen molar-refractivity contribution in [2.75, 3.05) is 25.5 Å². The summed E-state index contributed by atoms with van der Waals surface area (Å²) >= 11 is 0. The highest BCUT2D eigenvalue weighted by molar-refractivity contribution is 7.89. The van der Waals surface area contributed by atoms with E-state index in [4.69, 9.17) is 0 Å². The maximum atomic E-state index is 12.6. The van der Waals surface area contributed by atoms with Crippen molar-refractivity contribution in [2.45, 2.75) is 11.3 Å². The number of rotatable bonds is 3. The van der Waals surface area contributed by atoms with E-state index in [0.29, 0.717) is 18.5 Å². The molecule has 6 heteroatoms. The van der Waals surface area contributed by atoms with Crippen LogP contribution in [0.4, 0.5) is 5.69 Å². The van der Waals surface area contributed by atoms with Crippen LogP contribution in [0.1, 0.15) is 15.9 Å². The molecule has 0 spiro atoms. The fraction of sp³-hybridized carbons (Fsp3) is 0.235. The summed E-state index contributed by atoms with van der Waals surface area (Å²) < 4.78 is 25.6. The Balaban J connectivity index is 1.95. The molecule has 0 saturated carbocycles. The minimum absolute atomic E-state index is 0.0624. The molecule has 2 aromatic rings. The number of carbonyl (C=O) groups excluding carboxylic acids is 1. The van der Waals surface area contributed by atoms with E-state index in [1.54, 1.807) is 35.2 Å². The number of hydrogen-bond donors (Lipinski definition) is 0. The minimum Gasteiger partial charge on any atom is -0.308 e. The molecule has 0 unspecified atom stereocenters. The third kappa shape index (κ3) is 2.75. The van der Waals surface area contributed by atoms with Crippen LogP contribution in [0, 0.1) is 0 Å². The average Bonchev–Trinajstić information content (AvgIpc) is 2.98. The molecule has 0 bridgehead atoms. The molecular weight excluding hydrogens is 312 g/mol.